The average Bonchev–Trinajstić information content (AvgIpc) is 3.13. The summed E-state index contributed by atoms with van der Waals surface area (Å²) in [6.07, 6.45) is 3.47. The van der Waals surface area contributed by atoms with Crippen LogP contribution in [0.15, 0.2) is 29.3 Å². The number of benzene rings is 1. The Labute approximate surface area is 182 Å². The zero-order valence-electron chi connectivity index (χ0n) is 19.2. The first-order valence-electron chi connectivity index (χ1n) is 11.6. The maximum atomic E-state index is 12.6. The number of hydrogen-bond acceptors (Lipinski definition) is 3. The molecule has 6 heteroatoms. The summed E-state index contributed by atoms with van der Waals surface area (Å²) in [6, 6.07) is 8.94. The Morgan fingerprint density at radius 1 is 1.13 bits per heavy atom. The molecule has 2 N–H and O–H groups in total. The molecule has 1 aromatic carbocycles. The van der Waals surface area contributed by atoms with Crippen LogP contribution in [-0.4, -0.2) is 66.5 Å². The van der Waals surface area contributed by atoms with Crippen molar-refractivity contribution in [2.24, 2.45) is 10.9 Å². The number of guanidine groups is 1. The Bertz CT molecular complexity index is 709. The van der Waals surface area contributed by atoms with Crippen LogP contribution in [0, 0.1) is 5.92 Å². The van der Waals surface area contributed by atoms with E-state index >= 15 is 0 Å². The summed E-state index contributed by atoms with van der Waals surface area (Å²) in [6.45, 7) is 14.3. The fourth-order valence-corrected chi connectivity index (χ4v) is 4.31. The normalized spacial score (nSPS) is 23.1. The molecule has 2 atom stereocenters. The molecule has 1 aromatic rings. The second-order valence-corrected chi connectivity index (χ2v) is 9.02. The number of rotatable bonds is 6. The first-order valence-corrected chi connectivity index (χ1v) is 11.6. The molecule has 0 aliphatic carbocycles. The highest BCUT2D eigenvalue weighted by molar-refractivity contribution is 5.94. The number of aliphatic imine (C=N–C) groups is 1. The van der Waals surface area contributed by atoms with Crippen LogP contribution < -0.4 is 10.6 Å². The number of likely N-dealkylation sites (tertiary alicyclic amines) is 2. The van der Waals surface area contributed by atoms with Gasteiger partial charge in [-0.3, -0.25) is 9.69 Å². The number of amides is 1. The Hall–Kier alpha value is -2.08. The highest BCUT2D eigenvalue weighted by Gasteiger charge is 2.31. The predicted octanol–water partition coefficient (Wildman–Crippen LogP) is 3.10. The SMILES string of the molecule is CCNC(=NCc1ccc(C(=O)N2CCCCC2)cc1)NC1CN(C(C)C)CC1C. The molecule has 1 amide bonds. The van der Waals surface area contributed by atoms with Gasteiger partial charge in [-0.15, -0.1) is 0 Å². The minimum Gasteiger partial charge on any atom is -0.357 e. The summed E-state index contributed by atoms with van der Waals surface area (Å²) in [4.78, 5) is 21.9. The van der Waals surface area contributed by atoms with Crippen LogP contribution in [0.3, 0.4) is 0 Å². The first kappa shape index (κ1) is 22.6. The highest BCUT2D eigenvalue weighted by Crippen LogP contribution is 2.19. The van der Waals surface area contributed by atoms with E-state index in [4.69, 9.17) is 4.99 Å². The molecular formula is C24H39N5O. The van der Waals surface area contributed by atoms with Crippen molar-refractivity contribution in [2.45, 2.75) is 65.6 Å². The summed E-state index contributed by atoms with van der Waals surface area (Å²) in [7, 11) is 0. The van der Waals surface area contributed by atoms with Crippen molar-refractivity contribution < 1.29 is 4.79 Å². The van der Waals surface area contributed by atoms with E-state index in [2.05, 4.69) is 43.2 Å². The van der Waals surface area contributed by atoms with Gasteiger partial charge in [-0.2, -0.15) is 0 Å². The zero-order valence-corrected chi connectivity index (χ0v) is 19.2. The summed E-state index contributed by atoms with van der Waals surface area (Å²) < 4.78 is 0. The minimum atomic E-state index is 0.157. The van der Waals surface area contributed by atoms with E-state index in [-0.39, 0.29) is 5.91 Å². The van der Waals surface area contributed by atoms with E-state index in [0.717, 1.165) is 62.7 Å². The third-order valence-corrected chi connectivity index (χ3v) is 6.30. The molecule has 2 unspecified atom stereocenters. The van der Waals surface area contributed by atoms with Gasteiger partial charge in [-0.1, -0.05) is 19.1 Å². The van der Waals surface area contributed by atoms with Gasteiger partial charge in [0.1, 0.15) is 0 Å². The largest absolute Gasteiger partial charge is 0.357 e. The highest BCUT2D eigenvalue weighted by atomic mass is 16.2. The van der Waals surface area contributed by atoms with Gasteiger partial charge in [0.2, 0.25) is 0 Å². The molecule has 0 spiro atoms. The number of carbonyl (C=O) groups is 1. The van der Waals surface area contributed by atoms with Crippen molar-refractivity contribution >= 4 is 11.9 Å². The van der Waals surface area contributed by atoms with E-state index in [1.165, 1.54) is 6.42 Å². The summed E-state index contributed by atoms with van der Waals surface area (Å²) in [5.74, 6) is 1.62. The fourth-order valence-electron chi connectivity index (χ4n) is 4.31. The van der Waals surface area contributed by atoms with Crippen LogP contribution in [0.1, 0.15) is 62.9 Å². The molecule has 2 fully saturated rings. The van der Waals surface area contributed by atoms with Crippen LogP contribution >= 0.6 is 0 Å². The number of hydrogen-bond donors (Lipinski definition) is 2. The van der Waals surface area contributed by atoms with E-state index < -0.39 is 0 Å². The third kappa shape index (κ3) is 5.97. The number of nitrogens with zero attached hydrogens (tertiary/aromatic N) is 3. The molecular weight excluding hydrogens is 374 g/mol. The summed E-state index contributed by atoms with van der Waals surface area (Å²) in [5, 5.41) is 7.01. The minimum absolute atomic E-state index is 0.157. The van der Waals surface area contributed by atoms with E-state index in [9.17, 15) is 4.79 Å². The number of piperidine rings is 1. The summed E-state index contributed by atoms with van der Waals surface area (Å²) >= 11 is 0. The topological polar surface area (TPSA) is 60.0 Å². The van der Waals surface area contributed by atoms with Gasteiger partial charge < -0.3 is 15.5 Å². The van der Waals surface area contributed by atoms with Crippen LogP contribution in [0.5, 0.6) is 0 Å². The van der Waals surface area contributed by atoms with Crippen LogP contribution in [0.4, 0.5) is 0 Å². The average molecular weight is 414 g/mol. The molecule has 0 saturated carbocycles. The summed E-state index contributed by atoms with van der Waals surface area (Å²) in [5.41, 5.74) is 1.90. The number of nitrogens with one attached hydrogen (secondary N) is 2. The van der Waals surface area contributed by atoms with Crippen molar-refractivity contribution in [1.82, 2.24) is 20.4 Å². The molecule has 0 radical (unpaired) electrons. The smallest absolute Gasteiger partial charge is 0.253 e. The maximum Gasteiger partial charge on any atom is 0.253 e. The van der Waals surface area contributed by atoms with Crippen molar-refractivity contribution in [3.05, 3.63) is 35.4 Å². The van der Waals surface area contributed by atoms with E-state index in [1.54, 1.807) is 0 Å². The quantitative estimate of drug-likeness (QED) is 0.556. The zero-order chi connectivity index (χ0) is 21.5. The van der Waals surface area contributed by atoms with E-state index in [1.807, 2.05) is 29.2 Å². The third-order valence-electron chi connectivity index (χ3n) is 6.30. The van der Waals surface area contributed by atoms with Gasteiger partial charge in [-0.05, 0) is 63.6 Å². The van der Waals surface area contributed by atoms with Crippen LogP contribution in [0.2, 0.25) is 0 Å². The molecule has 0 aromatic heterocycles. The van der Waals surface area contributed by atoms with Gasteiger partial charge in [0.15, 0.2) is 5.96 Å². The Morgan fingerprint density at radius 3 is 2.43 bits per heavy atom. The predicted molar refractivity (Wildman–Crippen MR) is 124 cm³/mol. The lowest BCUT2D eigenvalue weighted by Crippen LogP contribution is -2.46. The fraction of sp³-hybridized carbons (Fsp3) is 0.667. The standard InChI is InChI=1S/C24H39N5O/c1-5-25-24(27-22-17-29(18(2)3)16-19(22)4)26-15-20-9-11-21(12-10-20)23(30)28-13-7-6-8-14-28/h9-12,18-19,22H,5-8,13-17H2,1-4H3,(H2,25,26,27). The lowest BCUT2D eigenvalue weighted by molar-refractivity contribution is 0.0724. The molecule has 30 heavy (non-hydrogen) atoms. The van der Waals surface area contributed by atoms with Gasteiger partial charge in [0.05, 0.1) is 6.54 Å². The molecule has 2 aliphatic rings. The number of carbonyl (C=O) groups excluding carboxylic acids is 1. The Kier molecular flexibility index (Phi) is 8.14. The van der Waals surface area contributed by atoms with Gasteiger partial charge in [-0.25, -0.2) is 4.99 Å². The molecule has 0 bridgehead atoms. The second-order valence-electron chi connectivity index (χ2n) is 9.02. The van der Waals surface area contributed by atoms with Crippen LogP contribution in [-0.2, 0) is 6.54 Å². The van der Waals surface area contributed by atoms with Crippen LogP contribution in [0.25, 0.3) is 0 Å². The Balaban J connectivity index is 1.58. The van der Waals surface area contributed by atoms with Crippen molar-refractivity contribution in [2.75, 3.05) is 32.7 Å². The van der Waals surface area contributed by atoms with Crippen molar-refractivity contribution in [3.8, 4) is 0 Å². The van der Waals surface area contributed by atoms with Gasteiger partial charge in [0, 0.05) is 50.4 Å². The second kappa shape index (κ2) is 10.8. The van der Waals surface area contributed by atoms with E-state index in [0.29, 0.717) is 24.5 Å². The molecule has 2 aliphatic heterocycles. The lowest BCUT2D eigenvalue weighted by atomic mass is 10.1. The molecule has 2 saturated heterocycles. The molecule has 3 rings (SSSR count). The van der Waals surface area contributed by atoms with Gasteiger partial charge in [0.25, 0.3) is 5.91 Å². The first-order chi connectivity index (χ1) is 14.5. The molecule has 2 heterocycles. The lowest BCUT2D eigenvalue weighted by Gasteiger charge is -2.26. The maximum absolute atomic E-state index is 12.6. The monoisotopic (exact) mass is 413 g/mol. The van der Waals surface area contributed by atoms with Crippen molar-refractivity contribution in [1.29, 1.82) is 0 Å². The molecule has 6 nitrogen and oxygen atoms in total. The molecule has 166 valence electrons. The van der Waals surface area contributed by atoms with Crippen molar-refractivity contribution in [3.63, 3.8) is 0 Å². The van der Waals surface area contributed by atoms with Gasteiger partial charge >= 0.3 is 0 Å². The Morgan fingerprint density at radius 2 is 1.83 bits per heavy atom.